The number of sulfonamides is 1. The van der Waals surface area contributed by atoms with Crippen LogP contribution in [0.2, 0.25) is 0 Å². The average molecular weight is 559 g/mol. The van der Waals surface area contributed by atoms with E-state index in [1.54, 1.807) is 37.2 Å². The van der Waals surface area contributed by atoms with Crippen molar-refractivity contribution in [3.63, 3.8) is 0 Å². The second-order valence-corrected chi connectivity index (χ2v) is 8.53. The number of halogens is 1. The van der Waals surface area contributed by atoms with Gasteiger partial charge in [0.25, 0.3) is 5.91 Å². The highest BCUT2D eigenvalue weighted by Gasteiger charge is 2.09. The Morgan fingerprint density at radius 2 is 1.74 bits per heavy atom. The lowest BCUT2D eigenvalue weighted by molar-refractivity contribution is 0.0827. The number of amides is 1. The highest BCUT2D eigenvalue weighted by molar-refractivity contribution is 14.0. The van der Waals surface area contributed by atoms with Crippen molar-refractivity contribution in [3.8, 4) is 0 Å². The molecule has 10 heteroatoms. The molecule has 0 saturated carbocycles. The number of nitrogens with one attached hydrogen (secondary N) is 2. The Morgan fingerprint density at radius 1 is 1.06 bits per heavy atom. The first kappa shape index (κ1) is 26.9. The van der Waals surface area contributed by atoms with Crippen LogP contribution in [0.3, 0.4) is 0 Å². The molecule has 0 atom stereocenters. The van der Waals surface area contributed by atoms with Crippen LogP contribution in [0.4, 0.5) is 0 Å². The third-order valence-electron chi connectivity index (χ3n) is 4.28. The SMILES string of the molecule is CCNC(=NCc1cccc(S(N)(=O)=O)c1)NCCc1cccc(C(=O)N(C)C)c1.I. The minimum absolute atomic E-state index is 0. The van der Waals surface area contributed by atoms with E-state index in [1.807, 2.05) is 25.1 Å². The maximum atomic E-state index is 12.1. The molecule has 0 aliphatic carbocycles. The number of nitrogens with two attached hydrogens (primary N) is 1. The van der Waals surface area contributed by atoms with Crippen LogP contribution in [0.1, 0.15) is 28.4 Å². The van der Waals surface area contributed by atoms with Crippen molar-refractivity contribution in [3.05, 3.63) is 65.2 Å². The van der Waals surface area contributed by atoms with E-state index >= 15 is 0 Å². The largest absolute Gasteiger partial charge is 0.357 e. The summed E-state index contributed by atoms with van der Waals surface area (Å²) in [4.78, 5) is 18.2. The van der Waals surface area contributed by atoms with Gasteiger partial charge in [-0.3, -0.25) is 4.79 Å². The van der Waals surface area contributed by atoms with E-state index in [0.29, 0.717) is 31.2 Å². The number of guanidine groups is 1. The monoisotopic (exact) mass is 559 g/mol. The number of carbonyl (C=O) groups is 1. The molecule has 0 bridgehead atoms. The minimum atomic E-state index is -3.74. The Hall–Kier alpha value is -2.18. The second-order valence-electron chi connectivity index (χ2n) is 6.96. The van der Waals surface area contributed by atoms with Gasteiger partial charge in [0.1, 0.15) is 0 Å². The fourth-order valence-corrected chi connectivity index (χ4v) is 3.36. The molecule has 4 N–H and O–H groups in total. The van der Waals surface area contributed by atoms with Gasteiger partial charge in [0.05, 0.1) is 11.4 Å². The van der Waals surface area contributed by atoms with Crippen LogP contribution in [0.25, 0.3) is 0 Å². The minimum Gasteiger partial charge on any atom is -0.357 e. The molecule has 0 unspecified atom stereocenters. The Kier molecular flexibility index (Phi) is 10.9. The summed E-state index contributed by atoms with van der Waals surface area (Å²) in [6, 6.07) is 14.0. The predicted molar refractivity (Wildman–Crippen MR) is 134 cm³/mol. The maximum absolute atomic E-state index is 12.1. The Bertz CT molecular complexity index is 1010. The summed E-state index contributed by atoms with van der Waals surface area (Å²) in [6.45, 7) is 3.60. The highest BCUT2D eigenvalue weighted by atomic mass is 127. The van der Waals surface area contributed by atoms with Crippen LogP contribution in [-0.4, -0.2) is 52.4 Å². The number of nitrogens with zero attached hydrogens (tertiary/aromatic N) is 2. The van der Waals surface area contributed by atoms with E-state index in [-0.39, 0.29) is 34.8 Å². The molecular weight excluding hydrogens is 529 g/mol. The van der Waals surface area contributed by atoms with Crippen LogP contribution in [-0.2, 0) is 23.0 Å². The quantitative estimate of drug-likeness (QED) is 0.260. The molecule has 170 valence electrons. The smallest absolute Gasteiger partial charge is 0.253 e. The Balaban J connectivity index is 0.00000480. The van der Waals surface area contributed by atoms with Crippen molar-refractivity contribution in [2.75, 3.05) is 27.2 Å². The van der Waals surface area contributed by atoms with Gasteiger partial charge in [-0.25, -0.2) is 18.5 Å². The van der Waals surface area contributed by atoms with Gasteiger partial charge in [-0.05, 0) is 48.7 Å². The lowest BCUT2D eigenvalue weighted by Gasteiger charge is -2.13. The summed E-state index contributed by atoms with van der Waals surface area (Å²) in [5.41, 5.74) is 2.45. The van der Waals surface area contributed by atoms with Gasteiger partial charge in [0, 0.05) is 32.7 Å². The molecule has 0 radical (unpaired) electrons. The molecule has 2 aromatic rings. The summed E-state index contributed by atoms with van der Waals surface area (Å²) in [6.07, 6.45) is 0.722. The zero-order chi connectivity index (χ0) is 22.1. The van der Waals surface area contributed by atoms with Crippen molar-refractivity contribution in [1.82, 2.24) is 15.5 Å². The molecule has 0 aliphatic heterocycles. The maximum Gasteiger partial charge on any atom is 0.253 e. The van der Waals surface area contributed by atoms with Gasteiger partial charge in [0.2, 0.25) is 10.0 Å². The molecular formula is C21H30IN5O3S. The predicted octanol–water partition coefficient (Wildman–Crippen LogP) is 1.95. The molecule has 8 nitrogen and oxygen atoms in total. The molecule has 2 rings (SSSR count). The number of carbonyl (C=O) groups excluding carboxylic acids is 1. The van der Waals surface area contributed by atoms with Crippen LogP contribution < -0.4 is 15.8 Å². The van der Waals surface area contributed by atoms with E-state index in [9.17, 15) is 13.2 Å². The van der Waals surface area contributed by atoms with E-state index in [1.165, 1.54) is 12.1 Å². The van der Waals surface area contributed by atoms with Crippen molar-refractivity contribution in [2.24, 2.45) is 10.1 Å². The number of aliphatic imine (C=N–C) groups is 1. The van der Waals surface area contributed by atoms with E-state index in [4.69, 9.17) is 5.14 Å². The summed E-state index contributed by atoms with van der Waals surface area (Å²) in [7, 11) is -0.280. The topological polar surface area (TPSA) is 117 Å². The lowest BCUT2D eigenvalue weighted by Crippen LogP contribution is -2.38. The fourth-order valence-electron chi connectivity index (χ4n) is 2.78. The summed E-state index contributed by atoms with van der Waals surface area (Å²) in [5, 5.41) is 11.6. The molecule has 1 amide bonds. The third kappa shape index (κ3) is 8.83. The first-order chi connectivity index (χ1) is 14.2. The van der Waals surface area contributed by atoms with E-state index in [0.717, 1.165) is 17.5 Å². The van der Waals surface area contributed by atoms with Crippen LogP contribution in [0, 0.1) is 0 Å². The average Bonchev–Trinajstić information content (AvgIpc) is 2.71. The van der Waals surface area contributed by atoms with Crippen LogP contribution in [0.5, 0.6) is 0 Å². The van der Waals surface area contributed by atoms with Gasteiger partial charge >= 0.3 is 0 Å². The van der Waals surface area contributed by atoms with Crippen molar-refractivity contribution in [2.45, 2.75) is 24.8 Å². The number of hydrogen-bond donors (Lipinski definition) is 3. The van der Waals surface area contributed by atoms with Gasteiger partial charge in [-0.15, -0.1) is 24.0 Å². The molecule has 0 aliphatic rings. The van der Waals surface area contributed by atoms with Crippen LogP contribution >= 0.6 is 24.0 Å². The van der Waals surface area contributed by atoms with Crippen LogP contribution in [0.15, 0.2) is 58.4 Å². The molecule has 0 fully saturated rings. The number of benzene rings is 2. The number of primary sulfonamides is 1. The van der Waals surface area contributed by atoms with Crippen molar-refractivity contribution in [1.29, 1.82) is 0 Å². The first-order valence-corrected chi connectivity index (χ1v) is 11.2. The molecule has 0 spiro atoms. The van der Waals surface area contributed by atoms with Gasteiger partial charge in [-0.2, -0.15) is 0 Å². The van der Waals surface area contributed by atoms with Gasteiger partial charge in [-0.1, -0.05) is 24.3 Å². The summed E-state index contributed by atoms with van der Waals surface area (Å²) < 4.78 is 23.0. The lowest BCUT2D eigenvalue weighted by atomic mass is 10.1. The number of rotatable bonds is 8. The van der Waals surface area contributed by atoms with E-state index in [2.05, 4.69) is 15.6 Å². The standard InChI is InChI=1S/C21H29N5O3S.HI/c1-4-23-21(25-15-17-8-6-10-19(14-17)30(22,28)29)24-12-11-16-7-5-9-18(13-16)20(27)26(2)3;/h5-10,13-14H,4,11-12,15H2,1-3H3,(H2,22,28,29)(H2,23,24,25);1H. The van der Waals surface area contributed by atoms with E-state index < -0.39 is 10.0 Å². The molecule has 31 heavy (non-hydrogen) atoms. The zero-order valence-electron chi connectivity index (χ0n) is 18.0. The molecule has 0 aromatic heterocycles. The first-order valence-electron chi connectivity index (χ1n) is 9.65. The summed E-state index contributed by atoms with van der Waals surface area (Å²) >= 11 is 0. The van der Waals surface area contributed by atoms with Gasteiger partial charge in [0.15, 0.2) is 5.96 Å². The fraction of sp³-hybridized carbons (Fsp3) is 0.333. The molecule has 0 heterocycles. The van der Waals surface area contributed by atoms with Crippen molar-refractivity contribution >= 4 is 45.9 Å². The molecule has 0 saturated heterocycles. The van der Waals surface area contributed by atoms with Gasteiger partial charge < -0.3 is 15.5 Å². The molecule has 2 aromatic carbocycles. The Morgan fingerprint density at radius 3 is 2.39 bits per heavy atom. The van der Waals surface area contributed by atoms with Crippen molar-refractivity contribution < 1.29 is 13.2 Å². The number of hydrogen-bond acceptors (Lipinski definition) is 4. The summed E-state index contributed by atoms with van der Waals surface area (Å²) in [5.74, 6) is 0.598. The third-order valence-corrected chi connectivity index (χ3v) is 5.19. The second kappa shape index (κ2) is 12.6. The Labute approximate surface area is 201 Å². The zero-order valence-corrected chi connectivity index (χ0v) is 21.1. The normalized spacial score (nSPS) is 11.4. The highest BCUT2D eigenvalue weighted by Crippen LogP contribution is 2.11.